The Labute approximate surface area is 136 Å². The maximum atomic E-state index is 12.3. The molecule has 0 saturated carbocycles. The fourth-order valence-electron chi connectivity index (χ4n) is 3.63. The van der Waals surface area contributed by atoms with Crippen molar-refractivity contribution in [3.05, 3.63) is 24.3 Å². The molecule has 0 amide bonds. The van der Waals surface area contributed by atoms with Gasteiger partial charge in [-0.3, -0.25) is 4.79 Å². The molecule has 2 atom stereocenters. The fourth-order valence-corrected chi connectivity index (χ4v) is 6.11. The molecule has 0 spiro atoms. The molecule has 1 aromatic carbocycles. The SMILES string of the molecule is COc1cccc(OCCC(=O)C2CC3CCC(C2)S3(=O)=O)c1. The standard InChI is InChI=1S/C17H22O5S/c1-21-13-3-2-4-14(11-13)22-8-7-17(18)12-9-15-5-6-16(10-12)23(15,19)20/h2-4,11-12,15-16H,5-10H2,1H3. The molecule has 0 aromatic heterocycles. The number of fused-ring (bicyclic) bond motifs is 2. The summed E-state index contributed by atoms with van der Waals surface area (Å²) in [5.74, 6) is 1.39. The van der Waals surface area contributed by atoms with E-state index in [0.29, 0.717) is 37.4 Å². The van der Waals surface area contributed by atoms with Crippen LogP contribution < -0.4 is 9.47 Å². The van der Waals surface area contributed by atoms with Crippen LogP contribution in [0.4, 0.5) is 0 Å². The minimum absolute atomic E-state index is 0.120. The zero-order valence-corrected chi connectivity index (χ0v) is 14.1. The van der Waals surface area contributed by atoms with E-state index in [0.717, 1.165) is 12.8 Å². The first kappa shape index (κ1) is 16.3. The summed E-state index contributed by atoms with van der Waals surface area (Å²) in [5, 5.41) is -0.594. The van der Waals surface area contributed by atoms with Crippen molar-refractivity contribution in [2.45, 2.75) is 42.6 Å². The molecule has 126 valence electrons. The Balaban J connectivity index is 1.50. The zero-order chi connectivity index (χ0) is 16.4. The molecule has 1 aromatic rings. The lowest BCUT2D eigenvalue weighted by Crippen LogP contribution is -2.36. The Morgan fingerprint density at radius 1 is 1.17 bits per heavy atom. The van der Waals surface area contributed by atoms with Crippen LogP contribution in [-0.4, -0.2) is 38.4 Å². The summed E-state index contributed by atoms with van der Waals surface area (Å²) in [7, 11) is -1.37. The number of benzene rings is 1. The number of Topliss-reactive ketones (excluding diaryl/α,β-unsaturated/α-hetero) is 1. The first-order valence-corrected chi connectivity index (χ1v) is 9.64. The first-order chi connectivity index (χ1) is 11.0. The van der Waals surface area contributed by atoms with E-state index in [1.165, 1.54) is 0 Å². The van der Waals surface area contributed by atoms with Gasteiger partial charge in [0.25, 0.3) is 0 Å². The maximum Gasteiger partial charge on any atom is 0.156 e. The molecule has 23 heavy (non-hydrogen) atoms. The summed E-state index contributed by atoms with van der Waals surface area (Å²) < 4.78 is 34.8. The van der Waals surface area contributed by atoms with Gasteiger partial charge in [0.1, 0.15) is 17.3 Å². The summed E-state index contributed by atoms with van der Waals surface area (Å²) in [5.41, 5.74) is 0. The van der Waals surface area contributed by atoms with Gasteiger partial charge in [-0.15, -0.1) is 0 Å². The molecule has 0 N–H and O–H groups in total. The van der Waals surface area contributed by atoms with Crippen LogP contribution in [0.5, 0.6) is 11.5 Å². The van der Waals surface area contributed by atoms with Crippen molar-refractivity contribution in [2.75, 3.05) is 13.7 Å². The molecule has 3 rings (SSSR count). The van der Waals surface area contributed by atoms with E-state index < -0.39 is 9.84 Å². The number of carbonyl (C=O) groups excluding carboxylic acids is 1. The third-order valence-electron chi connectivity index (χ3n) is 4.95. The number of sulfone groups is 1. The van der Waals surface area contributed by atoms with Gasteiger partial charge in [0.15, 0.2) is 9.84 Å². The van der Waals surface area contributed by atoms with E-state index in [4.69, 9.17) is 9.47 Å². The van der Waals surface area contributed by atoms with Crippen LogP contribution >= 0.6 is 0 Å². The van der Waals surface area contributed by atoms with Gasteiger partial charge in [-0.25, -0.2) is 8.42 Å². The summed E-state index contributed by atoms with van der Waals surface area (Å²) in [4.78, 5) is 12.3. The quantitative estimate of drug-likeness (QED) is 0.796. The molecule has 2 saturated heterocycles. The lowest BCUT2D eigenvalue weighted by atomic mass is 9.93. The average Bonchev–Trinajstić information content (AvgIpc) is 2.72. The van der Waals surface area contributed by atoms with Crippen LogP contribution in [0.25, 0.3) is 0 Å². The van der Waals surface area contributed by atoms with Gasteiger partial charge in [0.2, 0.25) is 0 Å². The number of ether oxygens (including phenoxy) is 2. The minimum atomic E-state index is -2.96. The lowest BCUT2D eigenvalue weighted by molar-refractivity contribution is -0.123. The molecule has 2 unspecified atom stereocenters. The molecular formula is C17H22O5S. The monoisotopic (exact) mass is 338 g/mol. The van der Waals surface area contributed by atoms with Crippen molar-refractivity contribution < 1.29 is 22.7 Å². The highest BCUT2D eigenvalue weighted by Crippen LogP contribution is 2.41. The van der Waals surface area contributed by atoms with Crippen LogP contribution in [0.1, 0.15) is 32.1 Å². The smallest absolute Gasteiger partial charge is 0.156 e. The van der Waals surface area contributed by atoms with E-state index in [1.807, 2.05) is 18.2 Å². The van der Waals surface area contributed by atoms with Gasteiger partial charge in [0.05, 0.1) is 24.2 Å². The molecule has 6 heteroatoms. The van der Waals surface area contributed by atoms with Gasteiger partial charge < -0.3 is 9.47 Å². The second-order valence-electron chi connectivity index (χ2n) is 6.32. The van der Waals surface area contributed by atoms with Crippen molar-refractivity contribution in [1.29, 1.82) is 0 Å². The molecule has 0 radical (unpaired) electrons. The molecule has 5 nitrogen and oxygen atoms in total. The van der Waals surface area contributed by atoms with Gasteiger partial charge in [-0.05, 0) is 37.8 Å². The third-order valence-corrected chi connectivity index (χ3v) is 7.66. The molecule has 2 aliphatic rings. The first-order valence-electron chi connectivity index (χ1n) is 8.03. The Morgan fingerprint density at radius 2 is 1.83 bits per heavy atom. The van der Waals surface area contributed by atoms with Crippen molar-refractivity contribution in [3.8, 4) is 11.5 Å². The topological polar surface area (TPSA) is 69.7 Å². The van der Waals surface area contributed by atoms with Gasteiger partial charge in [-0.1, -0.05) is 6.07 Å². The number of hydrogen-bond acceptors (Lipinski definition) is 5. The predicted molar refractivity (Wildman–Crippen MR) is 86.6 cm³/mol. The lowest BCUT2D eigenvalue weighted by Gasteiger charge is -2.26. The fraction of sp³-hybridized carbons (Fsp3) is 0.588. The van der Waals surface area contributed by atoms with E-state index in [9.17, 15) is 13.2 Å². The van der Waals surface area contributed by atoms with Gasteiger partial charge in [0, 0.05) is 18.4 Å². The average molecular weight is 338 g/mol. The highest BCUT2D eigenvalue weighted by Gasteiger charge is 2.48. The normalized spacial score (nSPS) is 28.3. The number of hydrogen-bond donors (Lipinski definition) is 0. The van der Waals surface area contributed by atoms with E-state index in [2.05, 4.69) is 0 Å². The van der Waals surface area contributed by atoms with Crippen molar-refractivity contribution >= 4 is 15.6 Å². The van der Waals surface area contributed by atoms with Gasteiger partial charge in [-0.2, -0.15) is 0 Å². The summed E-state index contributed by atoms with van der Waals surface area (Å²) in [6, 6.07) is 7.26. The minimum Gasteiger partial charge on any atom is -0.497 e. The molecule has 2 heterocycles. The Kier molecular flexibility index (Phi) is 4.62. The number of ketones is 1. The zero-order valence-electron chi connectivity index (χ0n) is 13.2. The van der Waals surface area contributed by atoms with Crippen molar-refractivity contribution in [3.63, 3.8) is 0 Å². The van der Waals surface area contributed by atoms with Crippen LogP contribution in [0, 0.1) is 5.92 Å². The van der Waals surface area contributed by atoms with Crippen LogP contribution in [0.3, 0.4) is 0 Å². The number of methoxy groups -OCH3 is 1. The Bertz CT molecular complexity index is 662. The summed E-state index contributed by atoms with van der Waals surface area (Å²) in [6.07, 6.45) is 2.75. The van der Waals surface area contributed by atoms with E-state index >= 15 is 0 Å². The maximum absolute atomic E-state index is 12.3. The van der Waals surface area contributed by atoms with Crippen LogP contribution in [0.2, 0.25) is 0 Å². The van der Waals surface area contributed by atoms with E-state index in [-0.39, 0.29) is 22.2 Å². The highest BCUT2D eigenvalue weighted by atomic mass is 32.2. The largest absolute Gasteiger partial charge is 0.497 e. The number of rotatable bonds is 6. The van der Waals surface area contributed by atoms with Crippen LogP contribution in [0.15, 0.2) is 24.3 Å². The van der Waals surface area contributed by atoms with Gasteiger partial charge >= 0.3 is 0 Å². The highest BCUT2D eigenvalue weighted by molar-refractivity contribution is 7.93. The van der Waals surface area contributed by atoms with Crippen LogP contribution in [-0.2, 0) is 14.6 Å². The molecule has 0 aliphatic carbocycles. The molecule has 2 fully saturated rings. The van der Waals surface area contributed by atoms with Crippen molar-refractivity contribution in [1.82, 2.24) is 0 Å². The molecule has 2 aliphatic heterocycles. The van der Waals surface area contributed by atoms with Crippen molar-refractivity contribution in [2.24, 2.45) is 5.92 Å². The Hall–Kier alpha value is -1.56. The predicted octanol–water partition coefficient (Wildman–Crippen LogP) is 2.39. The van der Waals surface area contributed by atoms with E-state index in [1.54, 1.807) is 13.2 Å². The Morgan fingerprint density at radius 3 is 2.48 bits per heavy atom. The number of carbonyl (C=O) groups is 1. The summed E-state index contributed by atoms with van der Waals surface area (Å²) in [6.45, 7) is 0.310. The molecule has 2 bridgehead atoms. The second-order valence-corrected chi connectivity index (χ2v) is 8.83. The molecular weight excluding hydrogens is 316 g/mol. The third kappa shape index (κ3) is 3.37. The second kappa shape index (κ2) is 6.51. The summed E-state index contributed by atoms with van der Waals surface area (Å²) >= 11 is 0.